The number of nitrogens with zero attached hydrogens (tertiary/aromatic N) is 4. The molecule has 0 fully saturated rings. The SMILES string of the molecule is [B]Cn1cnc2c(Cl)ncnc21. The molecule has 0 aliphatic carbocycles. The van der Waals surface area contributed by atoms with Gasteiger partial charge in [-0.25, -0.2) is 15.0 Å². The number of halogens is 1. The summed E-state index contributed by atoms with van der Waals surface area (Å²) in [4.78, 5) is 11.8. The molecule has 4 nitrogen and oxygen atoms in total. The van der Waals surface area contributed by atoms with Gasteiger partial charge in [0.25, 0.3) is 0 Å². The van der Waals surface area contributed by atoms with E-state index in [4.69, 9.17) is 19.4 Å². The Kier molecular flexibility index (Phi) is 1.73. The normalized spacial score (nSPS) is 10.8. The van der Waals surface area contributed by atoms with E-state index in [0.717, 1.165) is 0 Å². The van der Waals surface area contributed by atoms with Crippen LogP contribution in [0.2, 0.25) is 5.15 Å². The number of imidazole rings is 1. The van der Waals surface area contributed by atoms with E-state index < -0.39 is 0 Å². The van der Waals surface area contributed by atoms with Crippen LogP contribution in [0.5, 0.6) is 0 Å². The molecule has 2 heterocycles. The Morgan fingerprint density at radius 1 is 1.42 bits per heavy atom. The van der Waals surface area contributed by atoms with Crippen molar-refractivity contribution in [3.63, 3.8) is 0 Å². The molecule has 2 rings (SSSR count). The minimum Gasteiger partial charge on any atom is -0.324 e. The molecule has 0 amide bonds. The molecule has 6 heteroatoms. The molecule has 2 radical (unpaired) electrons. The van der Waals surface area contributed by atoms with Gasteiger partial charge in [-0.3, -0.25) is 0 Å². The third kappa shape index (κ3) is 0.974. The van der Waals surface area contributed by atoms with Crippen LogP contribution in [0.25, 0.3) is 11.2 Å². The molecular weight excluding hydrogens is 174 g/mol. The van der Waals surface area contributed by atoms with Crippen molar-refractivity contribution in [3.05, 3.63) is 17.8 Å². The first-order valence-electron chi connectivity index (χ1n) is 3.34. The maximum atomic E-state index is 5.76. The summed E-state index contributed by atoms with van der Waals surface area (Å²) in [5.41, 5.74) is 1.25. The molecule has 0 atom stereocenters. The summed E-state index contributed by atoms with van der Waals surface area (Å²) >= 11 is 5.76. The van der Waals surface area contributed by atoms with Gasteiger partial charge in [-0.05, 0) is 6.44 Å². The van der Waals surface area contributed by atoms with Crippen molar-refractivity contribution in [2.45, 2.75) is 6.44 Å². The van der Waals surface area contributed by atoms with Crippen LogP contribution >= 0.6 is 11.6 Å². The van der Waals surface area contributed by atoms with Gasteiger partial charge >= 0.3 is 0 Å². The third-order valence-corrected chi connectivity index (χ3v) is 1.83. The lowest BCUT2D eigenvalue weighted by Gasteiger charge is -1.96. The molecule has 0 spiro atoms. The molecule has 0 aromatic carbocycles. The van der Waals surface area contributed by atoms with E-state index in [-0.39, 0.29) is 0 Å². The van der Waals surface area contributed by atoms with Crippen molar-refractivity contribution in [2.75, 3.05) is 0 Å². The Balaban J connectivity index is 2.80. The zero-order chi connectivity index (χ0) is 8.55. The Morgan fingerprint density at radius 2 is 2.25 bits per heavy atom. The topological polar surface area (TPSA) is 43.6 Å². The Hall–Kier alpha value is -1.10. The van der Waals surface area contributed by atoms with Crippen molar-refractivity contribution in [3.8, 4) is 0 Å². The summed E-state index contributed by atoms with van der Waals surface area (Å²) in [5, 5.41) is 0.354. The second-order valence-corrected chi connectivity index (χ2v) is 2.59. The zero-order valence-electron chi connectivity index (χ0n) is 6.11. The quantitative estimate of drug-likeness (QED) is 0.475. The first-order chi connectivity index (χ1) is 5.83. The van der Waals surface area contributed by atoms with Crippen LogP contribution in [0.15, 0.2) is 12.7 Å². The molecule has 0 aliphatic rings. The van der Waals surface area contributed by atoms with E-state index in [9.17, 15) is 0 Å². The summed E-state index contributed by atoms with van der Waals surface area (Å²) < 4.78 is 1.70. The van der Waals surface area contributed by atoms with E-state index in [0.29, 0.717) is 22.8 Å². The molecular formula is C6H4BClN4. The van der Waals surface area contributed by atoms with Crippen LogP contribution in [0, 0.1) is 0 Å². The number of hydrogen-bond donors (Lipinski definition) is 0. The van der Waals surface area contributed by atoms with E-state index >= 15 is 0 Å². The van der Waals surface area contributed by atoms with Gasteiger partial charge in [-0.15, -0.1) is 0 Å². The predicted octanol–water partition coefficient (Wildman–Crippen LogP) is 0.606. The fourth-order valence-electron chi connectivity index (χ4n) is 0.986. The maximum Gasteiger partial charge on any atom is 0.164 e. The summed E-state index contributed by atoms with van der Waals surface area (Å²) in [6, 6.07) is 0. The average Bonchev–Trinajstić information content (AvgIpc) is 2.49. The minimum absolute atomic E-state index is 0.337. The third-order valence-electron chi connectivity index (χ3n) is 1.55. The van der Waals surface area contributed by atoms with Gasteiger partial charge in [0, 0.05) is 0 Å². The second kappa shape index (κ2) is 2.75. The van der Waals surface area contributed by atoms with Gasteiger partial charge in [-0.2, -0.15) is 0 Å². The van der Waals surface area contributed by atoms with E-state index in [1.807, 2.05) is 0 Å². The monoisotopic (exact) mass is 178 g/mol. The number of aromatic nitrogens is 4. The van der Waals surface area contributed by atoms with Gasteiger partial charge in [0.1, 0.15) is 11.8 Å². The summed E-state index contributed by atoms with van der Waals surface area (Å²) in [7, 11) is 5.43. The highest BCUT2D eigenvalue weighted by Crippen LogP contribution is 2.16. The molecule has 0 unspecified atom stereocenters. The Morgan fingerprint density at radius 3 is 3.00 bits per heavy atom. The molecule has 2 aromatic heterocycles. The highest BCUT2D eigenvalue weighted by molar-refractivity contribution is 6.33. The van der Waals surface area contributed by atoms with Crippen molar-refractivity contribution in [2.24, 2.45) is 0 Å². The summed E-state index contributed by atoms with van der Waals surface area (Å²) in [5.74, 6) is 0. The van der Waals surface area contributed by atoms with Crippen LogP contribution in [0.3, 0.4) is 0 Å². The van der Waals surface area contributed by atoms with Crippen molar-refractivity contribution in [1.29, 1.82) is 0 Å². The van der Waals surface area contributed by atoms with Crippen LogP contribution in [0.4, 0.5) is 0 Å². The zero-order valence-corrected chi connectivity index (χ0v) is 6.86. The minimum atomic E-state index is 0.337. The Labute approximate surface area is 75.0 Å². The first kappa shape index (κ1) is 7.55. The van der Waals surface area contributed by atoms with Crippen molar-refractivity contribution in [1.82, 2.24) is 19.5 Å². The fourth-order valence-corrected chi connectivity index (χ4v) is 1.16. The van der Waals surface area contributed by atoms with Gasteiger partial charge in [0.05, 0.1) is 14.2 Å². The highest BCUT2D eigenvalue weighted by atomic mass is 35.5. The van der Waals surface area contributed by atoms with Crippen molar-refractivity contribution < 1.29 is 0 Å². The molecule has 12 heavy (non-hydrogen) atoms. The molecule has 0 saturated heterocycles. The van der Waals surface area contributed by atoms with Crippen LogP contribution < -0.4 is 0 Å². The standard InChI is InChI=1S/C6H4BClN4/c7-1-12-3-11-4-5(8)9-2-10-6(4)12/h2-3H,1H2. The second-order valence-electron chi connectivity index (χ2n) is 2.23. The van der Waals surface area contributed by atoms with E-state index in [1.54, 1.807) is 10.9 Å². The predicted molar refractivity (Wildman–Crippen MR) is 46.1 cm³/mol. The molecule has 0 aliphatic heterocycles. The van der Waals surface area contributed by atoms with Crippen LogP contribution in [-0.4, -0.2) is 27.4 Å². The molecule has 0 saturated carbocycles. The van der Waals surface area contributed by atoms with Gasteiger partial charge in [0.15, 0.2) is 10.8 Å². The highest BCUT2D eigenvalue weighted by Gasteiger charge is 2.05. The molecule has 0 N–H and O–H groups in total. The number of rotatable bonds is 1. The van der Waals surface area contributed by atoms with Gasteiger partial charge in [-0.1, -0.05) is 11.6 Å². The van der Waals surface area contributed by atoms with E-state index in [2.05, 4.69) is 15.0 Å². The summed E-state index contributed by atoms with van der Waals surface area (Å²) in [6.07, 6.45) is 3.31. The molecule has 0 bridgehead atoms. The van der Waals surface area contributed by atoms with Crippen LogP contribution in [-0.2, 0) is 6.44 Å². The lowest BCUT2D eigenvalue weighted by molar-refractivity contribution is 0.895. The number of hydrogen-bond acceptors (Lipinski definition) is 3. The maximum absolute atomic E-state index is 5.76. The fraction of sp³-hybridized carbons (Fsp3) is 0.167. The van der Waals surface area contributed by atoms with Gasteiger partial charge < -0.3 is 4.57 Å². The molecule has 2 aromatic rings. The van der Waals surface area contributed by atoms with Gasteiger partial charge in [0.2, 0.25) is 0 Å². The van der Waals surface area contributed by atoms with Crippen molar-refractivity contribution >= 4 is 30.6 Å². The summed E-state index contributed by atoms with van der Waals surface area (Å²) in [6.45, 7) is 0. The first-order valence-corrected chi connectivity index (χ1v) is 3.72. The lowest BCUT2D eigenvalue weighted by Crippen LogP contribution is -1.96. The average molecular weight is 178 g/mol. The Bertz CT molecular complexity index is 413. The lowest BCUT2D eigenvalue weighted by atomic mass is 10.2. The molecule has 58 valence electrons. The number of fused-ring (bicyclic) bond motifs is 1. The van der Waals surface area contributed by atoms with Crippen LogP contribution in [0.1, 0.15) is 0 Å². The van der Waals surface area contributed by atoms with E-state index in [1.165, 1.54) is 6.33 Å². The largest absolute Gasteiger partial charge is 0.324 e. The smallest absolute Gasteiger partial charge is 0.164 e.